The SMILES string of the molecule is Cc1c([C@@H](C)Nc2nc(NCCOS(C)(=O)=O)nc3cnc(Cl)cc23)cccc1C(F)(F)F. The van der Waals surface area contributed by atoms with Crippen LogP contribution >= 0.6 is 11.6 Å². The van der Waals surface area contributed by atoms with E-state index in [2.05, 4.69) is 29.8 Å². The molecule has 8 nitrogen and oxygen atoms in total. The molecule has 0 aliphatic rings. The quantitative estimate of drug-likeness (QED) is 0.262. The van der Waals surface area contributed by atoms with E-state index in [0.717, 1.165) is 12.3 Å². The number of pyridine rings is 1. The molecule has 2 N–H and O–H groups in total. The molecular weight excluding hydrogens is 483 g/mol. The van der Waals surface area contributed by atoms with Gasteiger partial charge < -0.3 is 10.6 Å². The summed E-state index contributed by atoms with van der Waals surface area (Å²) in [7, 11) is -3.59. The number of hydrogen-bond acceptors (Lipinski definition) is 8. The number of nitrogens with one attached hydrogen (secondary N) is 2. The normalized spacial score (nSPS) is 13.2. The van der Waals surface area contributed by atoms with Crippen LogP contribution in [0.3, 0.4) is 0 Å². The second kappa shape index (κ2) is 9.65. The van der Waals surface area contributed by atoms with Gasteiger partial charge in [-0.3, -0.25) is 4.18 Å². The zero-order chi connectivity index (χ0) is 24.4. The number of fused-ring (bicyclic) bond motifs is 1. The van der Waals surface area contributed by atoms with E-state index in [1.165, 1.54) is 19.2 Å². The Morgan fingerprint density at radius 2 is 1.97 bits per heavy atom. The van der Waals surface area contributed by atoms with Crippen molar-refractivity contribution in [3.05, 3.63) is 52.3 Å². The van der Waals surface area contributed by atoms with Crippen LogP contribution in [0.2, 0.25) is 5.15 Å². The number of rotatable bonds is 8. The average Bonchev–Trinajstić information content (AvgIpc) is 2.70. The summed E-state index contributed by atoms with van der Waals surface area (Å²) < 4.78 is 66.8. The van der Waals surface area contributed by atoms with E-state index in [-0.39, 0.29) is 29.8 Å². The van der Waals surface area contributed by atoms with Gasteiger partial charge in [-0.15, -0.1) is 0 Å². The number of hydrogen-bond donors (Lipinski definition) is 2. The van der Waals surface area contributed by atoms with E-state index in [9.17, 15) is 21.6 Å². The van der Waals surface area contributed by atoms with Gasteiger partial charge in [0.25, 0.3) is 10.1 Å². The van der Waals surface area contributed by atoms with Crippen molar-refractivity contribution in [2.75, 3.05) is 30.0 Å². The lowest BCUT2D eigenvalue weighted by Gasteiger charge is -2.21. The van der Waals surface area contributed by atoms with E-state index in [4.69, 9.17) is 11.6 Å². The Labute approximate surface area is 193 Å². The summed E-state index contributed by atoms with van der Waals surface area (Å²) in [5.41, 5.74) is 0.283. The number of halogens is 4. The molecule has 0 spiro atoms. The van der Waals surface area contributed by atoms with Crippen molar-refractivity contribution >= 4 is 44.4 Å². The molecule has 1 aromatic carbocycles. The third-order valence-electron chi connectivity index (χ3n) is 4.73. The molecule has 1 atom stereocenters. The number of aromatic nitrogens is 3. The van der Waals surface area contributed by atoms with Crippen molar-refractivity contribution in [2.45, 2.75) is 26.1 Å². The molecule has 0 radical (unpaired) electrons. The van der Waals surface area contributed by atoms with Gasteiger partial charge in [0.15, 0.2) is 0 Å². The maximum atomic E-state index is 13.3. The van der Waals surface area contributed by atoms with Gasteiger partial charge in [-0.1, -0.05) is 23.7 Å². The monoisotopic (exact) mass is 503 g/mol. The van der Waals surface area contributed by atoms with E-state index < -0.39 is 27.9 Å². The summed E-state index contributed by atoms with van der Waals surface area (Å²) in [6.07, 6.45) is -2.09. The average molecular weight is 504 g/mol. The number of nitrogens with zero attached hydrogens (tertiary/aromatic N) is 3. The van der Waals surface area contributed by atoms with Crippen LogP contribution in [0, 0.1) is 6.92 Å². The minimum absolute atomic E-state index is 0.0985. The van der Waals surface area contributed by atoms with Gasteiger partial charge in [0.2, 0.25) is 5.95 Å². The molecule has 2 heterocycles. The predicted molar refractivity (Wildman–Crippen MR) is 120 cm³/mol. The van der Waals surface area contributed by atoms with Crippen LogP contribution in [-0.2, 0) is 20.5 Å². The van der Waals surface area contributed by atoms with Gasteiger partial charge in [0, 0.05) is 11.9 Å². The first-order valence-corrected chi connectivity index (χ1v) is 11.9. The Balaban J connectivity index is 1.92. The zero-order valence-electron chi connectivity index (χ0n) is 17.9. The molecule has 178 valence electrons. The molecule has 2 aromatic heterocycles. The highest BCUT2D eigenvalue weighted by atomic mass is 35.5. The molecule has 0 bridgehead atoms. The first-order valence-electron chi connectivity index (χ1n) is 9.70. The predicted octanol–water partition coefficient (Wildman–Crippen LogP) is 4.57. The van der Waals surface area contributed by atoms with Crippen LogP contribution in [0.25, 0.3) is 10.9 Å². The molecule has 3 aromatic rings. The van der Waals surface area contributed by atoms with Crippen molar-refractivity contribution in [3.8, 4) is 0 Å². The van der Waals surface area contributed by atoms with Crippen LogP contribution in [0.5, 0.6) is 0 Å². The summed E-state index contributed by atoms with van der Waals surface area (Å²) in [6.45, 7) is 3.10. The van der Waals surface area contributed by atoms with Gasteiger partial charge in [-0.05, 0) is 37.1 Å². The summed E-state index contributed by atoms with van der Waals surface area (Å²) in [5, 5.41) is 6.70. The second-order valence-corrected chi connectivity index (χ2v) is 9.29. The Morgan fingerprint density at radius 1 is 1.24 bits per heavy atom. The highest BCUT2D eigenvalue weighted by Gasteiger charge is 2.33. The van der Waals surface area contributed by atoms with Crippen LogP contribution in [0.4, 0.5) is 24.9 Å². The van der Waals surface area contributed by atoms with E-state index in [1.807, 2.05) is 0 Å². The third kappa shape index (κ3) is 6.42. The number of anilines is 2. The van der Waals surface area contributed by atoms with Crippen molar-refractivity contribution in [2.24, 2.45) is 0 Å². The standard InChI is InChI=1S/C20H21ClF3N5O3S/c1-11-13(5-4-6-15(11)20(22,23)24)12(2)27-18-14-9-17(21)26-10-16(14)28-19(29-18)25-7-8-32-33(3,30)31/h4-6,9-10,12H,7-8H2,1-3H3,(H2,25,27,28,29)/t12-/m1/s1. The van der Waals surface area contributed by atoms with Crippen molar-refractivity contribution in [1.82, 2.24) is 15.0 Å². The Kier molecular flexibility index (Phi) is 7.29. The fourth-order valence-corrected chi connectivity index (χ4v) is 3.81. The van der Waals surface area contributed by atoms with Crippen LogP contribution in [0.1, 0.15) is 29.7 Å². The Morgan fingerprint density at radius 3 is 2.64 bits per heavy atom. The lowest BCUT2D eigenvalue weighted by Crippen LogP contribution is -2.16. The van der Waals surface area contributed by atoms with Gasteiger partial charge >= 0.3 is 6.18 Å². The minimum atomic E-state index is -4.47. The molecule has 0 aliphatic carbocycles. The summed E-state index contributed by atoms with van der Waals surface area (Å²) in [4.78, 5) is 12.7. The Bertz CT molecular complexity index is 1270. The third-order valence-corrected chi connectivity index (χ3v) is 5.53. The fraction of sp³-hybridized carbons (Fsp3) is 0.350. The van der Waals surface area contributed by atoms with Gasteiger partial charge in [0.05, 0.1) is 36.2 Å². The van der Waals surface area contributed by atoms with Gasteiger partial charge in [-0.25, -0.2) is 9.97 Å². The summed E-state index contributed by atoms with van der Waals surface area (Å²) in [6, 6.07) is 5.01. The smallest absolute Gasteiger partial charge is 0.363 e. The van der Waals surface area contributed by atoms with Gasteiger partial charge in [0.1, 0.15) is 11.0 Å². The second-order valence-electron chi connectivity index (χ2n) is 7.26. The van der Waals surface area contributed by atoms with Crippen molar-refractivity contribution < 1.29 is 25.8 Å². The topological polar surface area (TPSA) is 106 Å². The number of alkyl halides is 3. The lowest BCUT2D eigenvalue weighted by molar-refractivity contribution is -0.138. The summed E-state index contributed by atoms with van der Waals surface area (Å²) >= 11 is 6.02. The largest absolute Gasteiger partial charge is 0.416 e. The first-order chi connectivity index (χ1) is 15.3. The highest BCUT2D eigenvalue weighted by Crippen LogP contribution is 2.35. The maximum Gasteiger partial charge on any atom is 0.416 e. The van der Waals surface area contributed by atoms with E-state index >= 15 is 0 Å². The first kappa shape index (κ1) is 24.9. The van der Waals surface area contributed by atoms with Crippen molar-refractivity contribution in [1.29, 1.82) is 0 Å². The van der Waals surface area contributed by atoms with Crippen molar-refractivity contribution in [3.63, 3.8) is 0 Å². The van der Waals surface area contributed by atoms with Crippen LogP contribution < -0.4 is 10.6 Å². The molecule has 33 heavy (non-hydrogen) atoms. The number of benzene rings is 1. The molecule has 0 amide bonds. The Hall–Kier alpha value is -2.70. The molecule has 0 saturated carbocycles. The molecule has 0 fully saturated rings. The van der Waals surface area contributed by atoms with E-state index in [0.29, 0.717) is 22.3 Å². The molecule has 0 unspecified atom stereocenters. The lowest BCUT2D eigenvalue weighted by atomic mass is 9.97. The highest BCUT2D eigenvalue weighted by molar-refractivity contribution is 7.85. The summed E-state index contributed by atoms with van der Waals surface area (Å²) in [5.74, 6) is 0.472. The van der Waals surface area contributed by atoms with Gasteiger partial charge in [-0.2, -0.15) is 26.6 Å². The molecule has 3 rings (SSSR count). The zero-order valence-corrected chi connectivity index (χ0v) is 19.4. The van der Waals surface area contributed by atoms with Crippen LogP contribution in [-0.4, -0.2) is 42.8 Å². The molecule has 0 aliphatic heterocycles. The molecule has 13 heteroatoms. The molecule has 0 saturated heterocycles. The molecular formula is C20H21ClF3N5O3S. The van der Waals surface area contributed by atoms with E-state index in [1.54, 1.807) is 19.1 Å². The van der Waals surface area contributed by atoms with Crippen LogP contribution in [0.15, 0.2) is 30.5 Å². The minimum Gasteiger partial charge on any atom is -0.363 e. The maximum absolute atomic E-state index is 13.3. The fourth-order valence-electron chi connectivity index (χ4n) is 3.26.